The van der Waals surface area contributed by atoms with E-state index in [2.05, 4.69) is 39.5 Å². The van der Waals surface area contributed by atoms with Crippen LogP contribution < -0.4 is 0 Å². The molecule has 0 spiro atoms. The fourth-order valence-corrected chi connectivity index (χ4v) is 2.14. The quantitative estimate of drug-likeness (QED) is 0.572. The van der Waals surface area contributed by atoms with E-state index in [0.717, 1.165) is 17.2 Å². The summed E-state index contributed by atoms with van der Waals surface area (Å²) in [6.45, 7) is 6.13. The second-order valence-electron chi connectivity index (χ2n) is 4.13. The van der Waals surface area contributed by atoms with Crippen LogP contribution in [0.3, 0.4) is 0 Å². The summed E-state index contributed by atoms with van der Waals surface area (Å²) in [6.07, 6.45) is 0. The van der Waals surface area contributed by atoms with Crippen LogP contribution in [0.2, 0.25) is 0 Å². The van der Waals surface area contributed by atoms with Crippen molar-refractivity contribution in [2.24, 2.45) is 0 Å². The van der Waals surface area contributed by atoms with Gasteiger partial charge in [0.25, 0.3) is 0 Å². The lowest BCUT2D eigenvalue weighted by Gasteiger charge is -2.05. The number of aryl methyl sites for hydroxylation is 3. The summed E-state index contributed by atoms with van der Waals surface area (Å²) in [5.41, 5.74) is 4.43. The van der Waals surface area contributed by atoms with Crippen LogP contribution in [-0.4, -0.2) is 14.4 Å². The topological polar surface area (TPSA) is 30.2 Å². The highest BCUT2D eigenvalue weighted by Crippen LogP contribution is 2.21. The maximum Gasteiger partial charge on any atom is 0.234 e. The van der Waals surface area contributed by atoms with Gasteiger partial charge in [-0.25, -0.2) is 9.97 Å². The zero-order valence-electron chi connectivity index (χ0n) is 9.65. The average molecular weight is 211 g/mol. The van der Waals surface area contributed by atoms with Crippen molar-refractivity contribution in [2.75, 3.05) is 0 Å². The van der Waals surface area contributed by atoms with Crippen LogP contribution in [0, 0.1) is 20.8 Å². The lowest BCUT2D eigenvalue weighted by molar-refractivity contribution is 1.09. The lowest BCUT2D eigenvalue weighted by atomic mass is 10.2. The van der Waals surface area contributed by atoms with Crippen LogP contribution in [0.1, 0.15) is 17.1 Å². The summed E-state index contributed by atoms with van der Waals surface area (Å²) in [6, 6.07) is 8.31. The third-order valence-electron chi connectivity index (χ3n) is 3.13. The number of imidazole rings is 1. The number of hydrogen-bond donors (Lipinski definition) is 0. The zero-order valence-corrected chi connectivity index (χ0v) is 9.65. The molecule has 0 atom stereocenters. The van der Waals surface area contributed by atoms with Crippen LogP contribution in [0.25, 0.3) is 16.7 Å². The molecule has 3 nitrogen and oxygen atoms in total. The Hall–Kier alpha value is -1.90. The number of fused-ring (bicyclic) bond motifs is 3. The molecular formula is C13H13N3. The van der Waals surface area contributed by atoms with Crippen LogP contribution >= 0.6 is 0 Å². The van der Waals surface area contributed by atoms with Gasteiger partial charge in [0.05, 0.1) is 16.9 Å². The van der Waals surface area contributed by atoms with Gasteiger partial charge in [0.1, 0.15) is 0 Å². The van der Waals surface area contributed by atoms with Gasteiger partial charge < -0.3 is 0 Å². The molecule has 1 aromatic carbocycles. The molecule has 16 heavy (non-hydrogen) atoms. The van der Waals surface area contributed by atoms with Crippen molar-refractivity contribution in [3.05, 3.63) is 41.3 Å². The number of benzene rings is 1. The Morgan fingerprint density at radius 2 is 1.62 bits per heavy atom. The predicted molar refractivity (Wildman–Crippen MR) is 64.7 cm³/mol. The summed E-state index contributed by atoms with van der Waals surface area (Å²) in [5, 5.41) is 1.19. The molecule has 3 rings (SSSR count). The Balaban J connectivity index is 2.66. The highest BCUT2D eigenvalue weighted by atomic mass is 15.1. The maximum atomic E-state index is 4.54. The molecule has 0 bridgehead atoms. The Kier molecular flexibility index (Phi) is 1.78. The van der Waals surface area contributed by atoms with E-state index in [4.69, 9.17) is 0 Å². The second kappa shape index (κ2) is 3.04. The molecular weight excluding hydrogens is 198 g/mol. The summed E-state index contributed by atoms with van der Waals surface area (Å²) >= 11 is 0. The van der Waals surface area contributed by atoms with E-state index >= 15 is 0 Å². The summed E-state index contributed by atoms with van der Waals surface area (Å²) in [7, 11) is 0. The van der Waals surface area contributed by atoms with Crippen molar-refractivity contribution in [1.29, 1.82) is 0 Å². The van der Waals surface area contributed by atoms with Gasteiger partial charge in [-0.3, -0.25) is 4.40 Å². The molecule has 3 aromatic rings. The van der Waals surface area contributed by atoms with Crippen molar-refractivity contribution < 1.29 is 0 Å². The summed E-state index contributed by atoms with van der Waals surface area (Å²) in [4.78, 5) is 9.01. The number of hydrogen-bond acceptors (Lipinski definition) is 2. The Labute approximate surface area is 93.8 Å². The van der Waals surface area contributed by atoms with E-state index in [0.29, 0.717) is 0 Å². The molecule has 0 unspecified atom stereocenters. The Bertz CT molecular complexity index is 695. The molecule has 0 saturated heterocycles. The van der Waals surface area contributed by atoms with E-state index in [-0.39, 0.29) is 0 Å². The Morgan fingerprint density at radius 1 is 0.938 bits per heavy atom. The molecule has 0 radical (unpaired) electrons. The lowest BCUT2D eigenvalue weighted by Crippen LogP contribution is -1.96. The van der Waals surface area contributed by atoms with Crippen molar-refractivity contribution in [3.63, 3.8) is 0 Å². The molecule has 0 amide bonds. The van der Waals surface area contributed by atoms with Gasteiger partial charge in [-0.2, -0.15) is 0 Å². The smallest absolute Gasteiger partial charge is 0.234 e. The molecule has 0 saturated carbocycles. The zero-order chi connectivity index (χ0) is 11.3. The third-order valence-corrected chi connectivity index (χ3v) is 3.13. The first-order chi connectivity index (χ1) is 7.68. The fourth-order valence-electron chi connectivity index (χ4n) is 2.14. The molecule has 3 heteroatoms. The van der Waals surface area contributed by atoms with Crippen molar-refractivity contribution in [3.8, 4) is 0 Å². The molecule has 0 aliphatic rings. The van der Waals surface area contributed by atoms with E-state index < -0.39 is 0 Å². The summed E-state index contributed by atoms with van der Waals surface area (Å²) < 4.78 is 2.12. The first-order valence-electron chi connectivity index (χ1n) is 5.39. The highest BCUT2D eigenvalue weighted by Gasteiger charge is 2.10. The summed E-state index contributed by atoms with van der Waals surface area (Å²) in [5.74, 6) is 0.797. The standard InChI is InChI=1S/C13H13N3/c1-8-10(3)16-12-7-5-4-6-11(12)9(2)15-13(16)14-8/h4-7H,1-3H3. The van der Waals surface area contributed by atoms with E-state index in [1.165, 1.54) is 16.6 Å². The van der Waals surface area contributed by atoms with Gasteiger partial charge in [0.2, 0.25) is 5.78 Å². The molecule has 2 aromatic heterocycles. The normalized spacial score (nSPS) is 11.4. The molecule has 2 heterocycles. The predicted octanol–water partition coefficient (Wildman–Crippen LogP) is 2.81. The highest BCUT2D eigenvalue weighted by molar-refractivity contribution is 5.83. The fraction of sp³-hybridized carbons (Fsp3) is 0.231. The van der Waals surface area contributed by atoms with Gasteiger partial charge in [-0.15, -0.1) is 0 Å². The maximum absolute atomic E-state index is 4.54. The van der Waals surface area contributed by atoms with Crippen LogP contribution in [0.4, 0.5) is 0 Å². The van der Waals surface area contributed by atoms with E-state index in [1.807, 2.05) is 19.9 Å². The average Bonchev–Trinajstić information content (AvgIpc) is 2.55. The van der Waals surface area contributed by atoms with E-state index in [9.17, 15) is 0 Å². The number of rotatable bonds is 0. The minimum Gasteiger partial charge on any atom is -0.281 e. The SMILES string of the molecule is Cc1nc2nc(C)c3ccccc3n2c1C. The first-order valence-corrected chi connectivity index (χ1v) is 5.39. The van der Waals surface area contributed by atoms with Crippen molar-refractivity contribution in [2.45, 2.75) is 20.8 Å². The van der Waals surface area contributed by atoms with Gasteiger partial charge in [0, 0.05) is 11.1 Å². The minimum absolute atomic E-state index is 0.797. The first kappa shape index (κ1) is 9.33. The third kappa shape index (κ3) is 1.08. The number of aromatic nitrogens is 3. The number of para-hydroxylation sites is 1. The van der Waals surface area contributed by atoms with Crippen LogP contribution in [0.5, 0.6) is 0 Å². The van der Waals surface area contributed by atoms with Gasteiger partial charge in [0.15, 0.2) is 0 Å². The van der Waals surface area contributed by atoms with Gasteiger partial charge in [-0.05, 0) is 26.8 Å². The molecule has 0 N–H and O–H groups in total. The Morgan fingerprint density at radius 3 is 2.44 bits per heavy atom. The molecule has 0 aliphatic carbocycles. The molecule has 0 fully saturated rings. The van der Waals surface area contributed by atoms with Crippen molar-refractivity contribution >= 4 is 16.7 Å². The number of nitrogens with zero attached hydrogens (tertiary/aromatic N) is 3. The van der Waals surface area contributed by atoms with Crippen LogP contribution in [0.15, 0.2) is 24.3 Å². The largest absolute Gasteiger partial charge is 0.281 e. The second-order valence-corrected chi connectivity index (χ2v) is 4.13. The monoisotopic (exact) mass is 211 g/mol. The van der Waals surface area contributed by atoms with Crippen LogP contribution in [-0.2, 0) is 0 Å². The van der Waals surface area contributed by atoms with Crippen molar-refractivity contribution in [1.82, 2.24) is 14.4 Å². The molecule has 80 valence electrons. The minimum atomic E-state index is 0.797. The van der Waals surface area contributed by atoms with Gasteiger partial charge in [-0.1, -0.05) is 18.2 Å². The van der Waals surface area contributed by atoms with E-state index in [1.54, 1.807) is 0 Å². The molecule has 0 aliphatic heterocycles. The van der Waals surface area contributed by atoms with Gasteiger partial charge >= 0.3 is 0 Å².